The molecule has 0 spiro atoms. The number of aromatic nitrogens is 1. The van der Waals surface area contributed by atoms with Crippen LogP contribution in [0.15, 0.2) is 48.8 Å². The van der Waals surface area contributed by atoms with Gasteiger partial charge >= 0.3 is 0 Å². The lowest BCUT2D eigenvalue weighted by Crippen LogP contribution is -2.41. The summed E-state index contributed by atoms with van der Waals surface area (Å²) in [7, 11) is 0. The van der Waals surface area contributed by atoms with Gasteiger partial charge in [-0.2, -0.15) is 0 Å². The highest BCUT2D eigenvalue weighted by Crippen LogP contribution is 2.19. The Morgan fingerprint density at radius 2 is 1.87 bits per heavy atom. The van der Waals surface area contributed by atoms with Crippen molar-refractivity contribution in [2.24, 2.45) is 0 Å². The van der Waals surface area contributed by atoms with Gasteiger partial charge in [0.25, 0.3) is 11.8 Å². The molecule has 2 amide bonds. The van der Waals surface area contributed by atoms with Crippen LogP contribution in [-0.2, 0) is 4.74 Å². The van der Waals surface area contributed by atoms with Gasteiger partial charge < -0.3 is 15.0 Å². The largest absolute Gasteiger partial charge is 0.378 e. The molecule has 0 bridgehead atoms. The van der Waals surface area contributed by atoms with Crippen LogP contribution in [0, 0.1) is 0 Å². The highest BCUT2D eigenvalue weighted by Gasteiger charge is 2.21. The number of para-hydroxylation sites is 1. The molecule has 1 N–H and O–H groups in total. The molecular weight excluding hydrogens is 294 g/mol. The number of hydrogen-bond donors (Lipinski definition) is 1. The van der Waals surface area contributed by atoms with Gasteiger partial charge in [-0.15, -0.1) is 0 Å². The smallest absolute Gasteiger partial charge is 0.257 e. The number of nitrogens with one attached hydrogen (secondary N) is 1. The highest BCUT2D eigenvalue weighted by atomic mass is 16.5. The van der Waals surface area contributed by atoms with Gasteiger partial charge in [0.15, 0.2) is 0 Å². The number of nitrogens with zero attached hydrogens (tertiary/aromatic N) is 2. The van der Waals surface area contributed by atoms with Crippen LogP contribution in [0.4, 0.5) is 5.69 Å². The van der Waals surface area contributed by atoms with Gasteiger partial charge in [-0.25, -0.2) is 0 Å². The first-order chi connectivity index (χ1) is 11.3. The lowest BCUT2D eigenvalue weighted by Gasteiger charge is -2.27. The van der Waals surface area contributed by atoms with Crippen LogP contribution in [0.2, 0.25) is 0 Å². The van der Waals surface area contributed by atoms with E-state index in [2.05, 4.69) is 10.3 Å². The first-order valence-corrected chi connectivity index (χ1v) is 7.43. The summed E-state index contributed by atoms with van der Waals surface area (Å²) in [5.41, 5.74) is 1.42. The van der Waals surface area contributed by atoms with Gasteiger partial charge in [0.05, 0.1) is 30.0 Å². The van der Waals surface area contributed by atoms with Gasteiger partial charge in [-0.3, -0.25) is 14.6 Å². The molecule has 1 aliphatic heterocycles. The van der Waals surface area contributed by atoms with E-state index >= 15 is 0 Å². The molecule has 118 valence electrons. The number of amides is 2. The molecule has 0 unspecified atom stereocenters. The monoisotopic (exact) mass is 311 g/mol. The molecule has 23 heavy (non-hydrogen) atoms. The molecule has 2 heterocycles. The number of benzene rings is 1. The normalized spacial score (nSPS) is 14.3. The Morgan fingerprint density at radius 1 is 1.09 bits per heavy atom. The third kappa shape index (κ3) is 3.54. The zero-order valence-corrected chi connectivity index (χ0v) is 12.6. The average molecular weight is 311 g/mol. The van der Waals surface area contributed by atoms with Gasteiger partial charge in [-0.05, 0) is 24.3 Å². The van der Waals surface area contributed by atoms with Crippen molar-refractivity contribution in [2.75, 3.05) is 31.6 Å². The lowest BCUT2D eigenvalue weighted by atomic mass is 10.1. The molecule has 1 aromatic heterocycles. The Kier molecular flexibility index (Phi) is 4.63. The van der Waals surface area contributed by atoms with Crippen molar-refractivity contribution in [1.29, 1.82) is 0 Å². The zero-order chi connectivity index (χ0) is 16.1. The zero-order valence-electron chi connectivity index (χ0n) is 12.6. The highest BCUT2D eigenvalue weighted by molar-refractivity contribution is 6.08. The van der Waals surface area contributed by atoms with E-state index < -0.39 is 0 Å². The molecule has 1 aliphatic rings. The molecule has 1 fully saturated rings. The summed E-state index contributed by atoms with van der Waals surface area (Å²) in [6.45, 7) is 2.19. The summed E-state index contributed by atoms with van der Waals surface area (Å²) in [6, 6.07) is 10.4. The molecule has 3 rings (SSSR count). The second kappa shape index (κ2) is 7.02. The molecule has 2 aromatic rings. The third-order valence-corrected chi connectivity index (χ3v) is 3.63. The maximum absolute atomic E-state index is 12.6. The van der Waals surface area contributed by atoms with Crippen LogP contribution in [0.25, 0.3) is 0 Å². The third-order valence-electron chi connectivity index (χ3n) is 3.63. The van der Waals surface area contributed by atoms with Crippen molar-refractivity contribution < 1.29 is 14.3 Å². The van der Waals surface area contributed by atoms with E-state index in [1.807, 2.05) is 0 Å². The summed E-state index contributed by atoms with van der Waals surface area (Å²) in [6.07, 6.45) is 3.09. The van der Waals surface area contributed by atoms with Crippen LogP contribution in [-0.4, -0.2) is 48.0 Å². The van der Waals surface area contributed by atoms with E-state index in [1.165, 1.54) is 6.20 Å². The molecule has 1 saturated heterocycles. The minimum Gasteiger partial charge on any atom is -0.378 e. The van der Waals surface area contributed by atoms with Gasteiger partial charge in [0, 0.05) is 25.5 Å². The summed E-state index contributed by atoms with van der Waals surface area (Å²) in [5, 5.41) is 2.79. The Balaban J connectivity index is 1.80. The van der Waals surface area contributed by atoms with E-state index in [0.717, 1.165) is 0 Å². The van der Waals surface area contributed by atoms with Crippen molar-refractivity contribution in [3.8, 4) is 0 Å². The second-order valence-corrected chi connectivity index (χ2v) is 5.15. The molecule has 1 aromatic carbocycles. The minimum atomic E-state index is -0.291. The molecule has 6 nitrogen and oxygen atoms in total. The molecule has 0 radical (unpaired) electrons. The average Bonchev–Trinajstić information content (AvgIpc) is 2.63. The van der Waals surface area contributed by atoms with Crippen LogP contribution in [0.5, 0.6) is 0 Å². The molecule has 0 saturated carbocycles. The van der Waals surface area contributed by atoms with Crippen LogP contribution in [0.3, 0.4) is 0 Å². The van der Waals surface area contributed by atoms with Crippen molar-refractivity contribution in [2.45, 2.75) is 0 Å². The quantitative estimate of drug-likeness (QED) is 0.938. The van der Waals surface area contributed by atoms with Crippen molar-refractivity contribution >= 4 is 17.5 Å². The van der Waals surface area contributed by atoms with Crippen LogP contribution in [0.1, 0.15) is 20.7 Å². The van der Waals surface area contributed by atoms with E-state index in [9.17, 15) is 9.59 Å². The summed E-state index contributed by atoms with van der Waals surface area (Å²) in [4.78, 5) is 30.6. The number of morpholine rings is 1. The fourth-order valence-corrected chi connectivity index (χ4v) is 2.41. The Hall–Kier alpha value is -2.73. The Labute approximate surface area is 134 Å². The summed E-state index contributed by atoms with van der Waals surface area (Å²) in [5.74, 6) is -0.393. The lowest BCUT2D eigenvalue weighted by molar-refractivity contribution is 0.0303. The first-order valence-electron chi connectivity index (χ1n) is 7.43. The van der Waals surface area contributed by atoms with E-state index in [1.54, 1.807) is 47.5 Å². The van der Waals surface area contributed by atoms with E-state index in [0.29, 0.717) is 43.1 Å². The topological polar surface area (TPSA) is 71.5 Å². The van der Waals surface area contributed by atoms with E-state index in [-0.39, 0.29) is 11.8 Å². The first kappa shape index (κ1) is 15.2. The fraction of sp³-hybridized carbons (Fsp3) is 0.235. The maximum Gasteiger partial charge on any atom is 0.257 e. The maximum atomic E-state index is 12.6. The minimum absolute atomic E-state index is 0.101. The van der Waals surface area contributed by atoms with Crippen molar-refractivity contribution in [1.82, 2.24) is 9.88 Å². The number of carbonyl (C=O) groups excluding carboxylic acids is 2. The van der Waals surface area contributed by atoms with Gasteiger partial charge in [0.2, 0.25) is 0 Å². The van der Waals surface area contributed by atoms with Gasteiger partial charge in [-0.1, -0.05) is 12.1 Å². The summed E-state index contributed by atoms with van der Waals surface area (Å²) < 4.78 is 5.27. The Morgan fingerprint density at radius 3 is 2.61 bits per heavy atom. The van der Waals surface area contributed by atoms with Crippen molar-refractivity contribution in [3.63, 3.8) is 0 Å². The predicted octanol–water partition coefficient (Wildman–Crippen LogP) is 1.81. The Bertz CT molecular complexity index is 697. The van der Waals surface area contributed by atoms with E-state index in [4.69, 9.17) is 4.74 Å². The fourth-order valence-electron chi connectivity index (χ4n) is 2.41. The van der Waals surface area contributed by atoms with Crippen molar-refractivity contribution in [3.05, 3.63) is 59.9 Å². The number of pyridine rings is 1. The number of rotatable bonds is 3. The summed E-state index contributed by atoms with van der Waals surface area (Å²) >= 11 is 0. The van der Waals surface area contributed by atoms with Gasteiger partial charge in [0.1, 0.15) is 0 Å². The number of ether oxygens (including phenoxy) is 1. The van der Waals surface area contributed by atoms with Crippen LogP contribution >= 0.6 is 0 Å². The number of carbonyl (C=O) groups is 2. The second-order valence-electron chi connectivity index (χ2n) is 5.15. The predicted molar refractivity (Wildman–Crippen MR) is 85.4 cm³/mol. The molecule has 0 aliphatic carbocycles. The number of anilines is 1. The number of hydrogen-bond acceptors (Lipinski definition) is 4. The van der Waals surface area contributed by atoms with Crippen LogP contribution < -0.4 is 5.32 Å². The SMILES string of the molecule is O=C(Nc1ccccc1C(=O)N1CCOCC1)c1cccnc1. The molecule has 0 atom stereocenters. The standard InChI is InChI=1S/C17H17N3O3/c21-16(13-4-3-7-18-12-13)19-15-6-2-1-5-14(15)17(22)20-8-10-23-11-9-20/h1-7,12H,8-11H2,(H,19,21). The molecule has 6 heteroatoms. The molecular formula is C17H17N3O3.